The maximum atomic E-state index is 6.12. The highest BCUT2D eigenvalue weighted by Crippen LogP contribution is 2.19. The van der Waals surface area contributed by atoms with Crippen LogP contribution in [0.25, 0.3) is 0 Å². The van der Waals surface area contributed by atoms with E-state index in [1.54, 1.807) is 0 Å². The van der Waals surface area contributed by atoms with Gasteiger partial charge in [-0.25, -0.2) is 0 Å². The third kappa shape index (κ3) is 3.52. The Kier molecular flexibility index (Phi) is 5.04. The Hall–Kier alpha value is -1.52. The van der Waals surface area contributed by atoms with Crippen molar-refractivity contribution in [3.63, 3.8) is 0 Å². The number of nitrogens with one attached hydrogen (secondary N) is 1. The Morgan fingerprint density at radius 2 is 2.15 bits per heavy atom. The summed E-state index contributed by atoms with van der Waals surface area (Å²) in [6, 6.07) is 8.09. The van der Waals surface area contributed by atoms with E-state index < -0.39 is 0 Å². The second kappa shape index (κ2) is 6.77. The van der Waals surface area contributed by atoms with E-state index in [1.807, 2.05) is 43.8 Å². The number of ether oxygens (including phenoxy) is 1. The smallest absolute Gasteiger partial charge is 0.119 e. The van der Waals surface area contributed by atoms with Crippen molar-refractivity contribution in [2.24, 2.45) is 0 Å². The summed E-state index contributed by atoms with van der Waals surface area (Å²) in [5, 5.41) is 8.24. The molecule has 0 aliphatic carbocycles. The number of aryl methyl sites for hydroxylation is 1. The fourth-order valence-electron chi connectivity index (χ4n) is 2.09. The molecule has 0 amide bonds. The van der Waals surface area contributed by atoms with Gasteiger partial charge in [-0.1, -0.05) is 23.7 Å². The fourth-order valence-corrected chi connectivity index (χ4v) is 2.23. The van der Waals surface area contributed by atoms with E-state index in [-0.39, 0.29) is 0 Å². The van der Waals surface area contributed by atoms with Crippen LogP contribution in [0.2, 0.25) is 5.02 Å². The third-order valence-corrected chi connectivity index (χ3v) is 3.69. The zero-order chi connectivity index (χ0) is 14.5. The molecule has 5 heteroatoms. The topological polar surface area (TPSA) is 39.1 Å². The Morgan fingerprint density at radius 1 is 1.35 bits per heavy atom. The van der Waals surface area contributed by atoms with Gasteiger partial charge in [0.25, 0.3) is 0 Å². The number of aromatic nitrogens is 2. The van der Waals surface area contributed by atoms with Crippen LogP contribution in [0.3, 0.4) is 0 Å². The molecule has 1 heterocycles. The van der Waals surface area contributed by atoms with Crippen molar-refractivity contribution in [2.45, 2.75) is 26.9 Å². The Morgan fingerprint density at radius 3 is 2.80 bits per heavy atom. The molecular weight excluding hydrogens is 274 g/mol. The minimum absolute atomic E-state index is 0.571. The third-order valence-electron chi connectivity index (χ3n) is 3.14. The lowest BCUT2D eigenvalue weighted by molar-refractivity contribution is 0.289. The fraction of sp³-hybridized carbons (Fsp3) is 0.400. The number of hydrogen-bond acceptors (Lipinski definition) is 3. The molecule has 2 aromatic rings. The summed E-state index contributed by atoms with van der Waals surface area (Å²) < 4.78 is 7.65. The molecule has 108 valence electrons. The predicted octanol–water partition coefficient (Wildman–Crippen LogP) is 2.95. The van der Waals surface area contributed by atoms with E-state index in [9.17, 15) is 0 Å². The number of benzene rings is 1. The zero-order valence-corrected chi connectivity index (χ0v) is 12.9. The van der Waals surface area contributed by atoms with Crippen LogP contribution in [0.1, 0.15) is 17.0 Å². The van der Waals surface area contributed by atoms with Crippen molar-refractivity contribution < 1.29 is 4.74 Å². The van der Waals surface area contributed by atoms with Crippen LogP contribution in [0.4, 0.5) is 0 Å². The van der Waals surface area contributed by atoms with Crippen LogP contribution in [-0.2, 0) is 13.1 Å². The van der Waals surface area contributed by atoms with E-state index in [4.69, 9.17) is 16.3 Å². The van der Waals surface area contributed by atoms with Crippen molar-refractivity contribution in [1.29, 1.82) is 0 Å². The Balaban J connectivity index is 1.92. The molecule has 0 spiro atoms. The van der Waals surface area contributed by atoms with Gasteiger partial charge >= 0.3 is 0 Å². The molecule has 0 unspecified atom stereocenters. The Bertz CT molecular complexity index is 580. The summed E-state index contributed by atoms with van der Waals surface area (Å²) in [4.78, 5) is 0. The molecule has 0 saturated heterocycles. The van der Waals surface area contributed by atoms with Gasteiger partial charge in [-0.3, -0.25) is 4.68 Å². The molecule has 0 saturated carbocycles. The van der Waals surface area contributed by atoms with Gasteiger partial charge in [0.2, 0.25) is 0 Å². The number of hydrogen-bond donors (Lipinski definition) is 1. The van der Waals surface area contributed by atoms with Crippen LogP contribution in [0, 0.1) is 13.8 Å². The van der Waals surface area contributed by atoms with Crippen molar-refractivity contribution in [3.05, 3.63) is 46.2 Å². The highest BCUT2D eigenvalue weighted by molar-refractivity contribution is 6.31. The quantitative estimate of drug-likeness (QED) is 0.890. The van der Waals surface area contributed by atoms with Gasteiger partial charge in [0, 0.05) is 6.54 Å². The normalized spacial score (nSPS) is 10.8. The first kappa shape index (κ1) is 14.9. The zero-order valence-electron chi connectivity index (χ0n) is 12.1. The standard InChI is InChI=1S/C15H20ClN3O/c1-11-15(16)12(2)19(18-11)7-8-20-14-6-4-5-13(9-14)10-17-3/h4-6,9,17H,7-8,10H2,1-3H3. The largest absolute Gasteiger partial charge is 0.492 e. The number of rotatable bonds is 6. The maximum Gasteiger partial charge on any atom is 0.119 e. The van der Waals surface area contributed by atoms with Crippen LogP contribution < -0.4 is 10.1 Å². The molecular formula is C15H20ClN3O. The summed E-state index contributed by atoms with van der Waals surface area (Å²) in [6.45, 7) is 5.98. The lowest BCUT2D eigenvalue weighted by Gasteiger charge is -2.09. The van der Waals surface area contributed by atoms with E-state index in [1.165, 1.54) is 5.56 Å². The van der Waals surface area contributed by atoms with Crippen molar-refractivity contribution in [3.8, 4) is 5.75 Å². The van der Waals surface area contributed by atoms with Crippen molar-refractivity contribution >= 4 is 11.6 Å². The molecule has 20 heavy (non-hydrogen) atoms. The maximum absolute atomic E-state index is 6.12. The molecule has 4 nitrogen and oxygen atoms in total. The van der Waals surface area contributed by atoms with E-state index >= 15 is 0 Å². The molecule has 0 radical (unpaired) electrons. The lowest BCUT2D eigenvalue weighted by atomic mass is 10.2. The second-order valence-electron chi connectivity index (χ2n) is 4.73. The van der Waals surface area contributed by atoms with Crippen LogP contribution in [0.5, 0.6) is 5.75 Å². The Labute approximate surface area is 124 Å². The van der Waals surface area contributed by atoms with Crippen LogP contribution >= 0.6 is 11.6 Å². The highest BCUT2D eigenvalue weighted by atomic mass is 35.5. The number of nitrogens with zero attached hydrogens (tertiary/aromatic N) is 2. The van der Waals surface area contributed by atoms with E-state index in [0.29, 0.717) is 13.2 Å². The van der Waals surface area contributed by atoms with Gasteiger partial charge in [-0.15, -0.1) is 0 Å². The average Bonchev–Trinajstić information content (AvgIpc) is 2.67. The van der Waals surface area contributed by atoms with Gasteiger partial charge in [-0.05, 0) is 38.6 Å². The lowest BCUT2D eigenvalue weighted by Crippen LogP contribution is -2.11. The monoisotopic (exact) mass is 293 g/mol. The molecule has 0 aliphatic rings. The van der Waals surface area contributed by atoms with Crippen molar-refractivity contribution in [2.75, 3.05) is 13.7 Å². The van der Waals surface area contributed by atoms with Gasteiger partial charge < -0.3 is 10.1 Å². The van der Waals surface area contributed by atoms with Gasteiger partial charge in [0.1, 0.15) is 12.4 Å². The summed E-state index contributed by atoms with van der Waals surface area (Å²) in [7, 11) is 1.93. The first-order valence-corrected chi connectivity index (χ1v) is 7.05. The molecule has 0 aliphatic heterocycles. The van der Waals surface area contributed by atoms with Crippen LogP contribution in [-0.4, -0.2) is 23.4 Å². The molecule has 1 aromatic carbocycles. The van der Waals surface area contributed by atoms with Gasteiger partial charge in [-0.2, -0.15) is 5.10 Å². The summed E-state index contributed by atoms with van der Waals surface area (Å²) in [5.74, 6) is 0.880. The molecule has 1 N–H and O–H groups in total. The van der Waals surface area contributed by atoms with E-state index in [0.717, 1.165) is 28.7 Å². The molecule has 0 bridgehead atoms. The van der Waals surface area contributed by atoms with E-state index in [2.05, 4.69) is 16.5 Å². The minimum atomic E-state index is 0.571. The first-order chi connectivity index (χ1) is 9.61. The number of halogens is 1. The summed E-state index contributed by atoms with van der Waals surface area (Å²) in [5.41, 5.74) is 3.05. The summed E-state index contributed by atoms with van der Waals surface area (Å²) in [6.07, 6.45) is 0. The summed E-state index contributed by atoms with van der Waals surface area (Å²) >= 11 is 6.12. The second-order valence-corrected chi connectivity index (χ2v) is 5.11. The molecule has 0 atom stereocenters. The molecule has 0 fully saturated rings. The van der Waals surface area contributed by atoms with Crippen molar-refractivity contribution in [1.82, 2.24) is 15.1 Å². The first-order valence-electron chi connectivity index (χ1n) is 6.67. The predicted molar refractivity (Wildman–Crippen MR) is 81.4 cm³/mol. The molecule has 2 rings (SSSR count). The van der Waals surface area contributed by atoms with Gasteiger partial charge in [0.15, 0.2) is 0 Å². The molecule has 1 aromatic heterocycles. The SMILES string of the molecule is CNCc1cccc(OCCn2nc(C)c(Cl)c2C)c1. The highest BCUT2D eigenvalue weighted by Gasteiger charge is 2.08. The minimum Gasteiger partial charge on any atom is -0.492 e. The average molecular weight is 294 g/mol. The van der Waals surface area contributed by atoms with Crippen LogP contribution in [0.15, 0.2) is 24.3 Å². The van der Waals surface area contributed by atoms with Gasteiger partial charge in [0.05, 0.1) is 23.0 Å².